The number of piperidine rings is 1. The minimum Gasteiger partial charge on any atom is -0.368 e. The summed E-state index contributed by atoms with van der Waals surface area (Å²) in [6.07, 6.45) is 3.23. The van der Waals surface area contributed by atoms with Crippen LogP contribution in [0.15, 0.2) is 0 Å². The summed E-state index contributed by atoms with van der Waals surface area (Å²) in [5.74, 6) is 0.451. The predicted molar refractivity (Wildman–Crippen MR) is 66.1 cm³/mol. The number of nitrogens with one attached hydrogen (secondary N) is 1. The van der Waals surface area contributed by atoms with Gasteiger partial charge in [-0.15, -0.1) is 0 Å². The molecule has 3 N–H and O–H groups in total. The van der Waals surface area contributed by atoms with Gasteiger partial charge < -0.3 is 11.1 Å². The fraction of sp³-hybridized carbons (Fsp3) is 0.917. The summed E-state index contributed by atoms with van der Waals surface area (Å²) in [4.78, 5) is 13.6. The molecule has 0 radical (unpaired) electrons. The highest BCUT2D eigenvalue weighted by Gasteiger charge is 2.29. The summed E-state index contributed by atoms with van der Waals surface area (Å²) in [7, 11) is 2.00. The molecule has 1 rings (SSSR count). The highest BCUT2D eigenvalue weighted by Crippen LogP contribution is 2.22. The first kappa shape index (κ1) is 13.5. The van der Waals surface area contributed by atoms with Crippen molar-refractivity contribution in [1.29, 1.82) is 0 Å². The Morgan fingerprint density at radius 3 is 2.81 bits per heavy atom. The molecule has 0 bridgehead atoms. The lowest BCUT2D eigenvalue weighted by molar-refractivity contribution is -0.124. The maximum atomic E-state index is 11.3. The normalized spacial score (nSPS) is 26.3. The van der Waals surface area contributed by atoms with Crippen molar-refractivity contribution in [3.8, 4) is 0 Å². The fourth-order valence-electron chi connectivity index (χ4n) is 2.61. The van der Waals surface area contributed by atoms with E-state index in [1.165, 1.54) is 12.8 Å². The summed E-state index contributed by atoms with van der Waals surface area (Å²) >= 11 is 0. The second-order valence-electron chi connectivity index (χ2n) is 4.80. The van der Waals surface area contributed by atoms with Crippen LogP contribution in [0.3, 0.4) is 0 Å². The van der Waals surface area contributed by atoms with E-state index in [1.807, 2.05) is 14.0 Å². The van der Waals surface area contributed by atoms with Crippen LogP contribution in [-0.4, -0.2) is 43.0 Å². The van der Waals surface area contributed by atoms with Crippen molar-refractivity contribution in [2.75, 3.05) is 20.1 Å². The zero-order valence-corrected chi connectivity index (χ0v) is 10.7. The maximum absolute atomic E-state index is 11.3. The van der Waals surface area contributed by atoms with E-state index >= 15 is 0 Å². The van der Waals surface area contributed by atoms with E-state index in [1.54, 1.807) is 0 Å². The summed E-state index contributed by atoms with van der Waals surface area (Å²) in [5, 5.41) is 3.30. The molecule has 1 amide bonds. The van der Waals surface area contributed by atoms with E-state index < -0.39 is 0 Å². The highest BCUT2D eigenvalue weighted by atomic mass is 16.1. The van der Waals surface area contributed by atoms with E-state index in [2.05, 4.69) is 17.1 Å². The van der Waals surface area contributed by atoms with Crippen LogP contribution in [0.1, 0.15) is 33.1 Å². The molecule has 1 aliphatic heterocycles. The lowest BCUT2D eigenvalue weighted by Crippen LogP contribution is -2.51. The molecule has 94 valence electrons. The molecule has 1 saturated heterocycles. The Labute approximate surface area is 98.6 Å². The quantitative estimate of drug-likeness (QED) is 0.722. The summed E-state index contributed by atoms with van der Waals surface area (Å²) in [6.45, 7) is 6.23. The second kappa shape index (κ2) is 6.21. The van der Waals surface area contributed by atoms with Gasteiger partial charge in [0.15, 0.2) is 0 Å². The first-order valence-electron chi connectivity index (χ1n) is 6.30. The third-order valence-electron chi connectivity index (χ3n) is 3.81. The molecule has 0 aromatic heterocycles. The Balaban J connectivity index is 2.58. The smallest absolute Gasteiger partial charge is 0.234 e. The van der Waals surface area contributed by atoms with Gasteiger partial charge in [0.25, 0.3) is 0 Å². The number of hydrogen-bond donors (Lipinski definition) is 2. The van der Waals surface area contributed by atoms with E-state index in [-0.39, 0.29) is 11.9 Å². The van der Waals surface area contributed by atoms with Gasteiger partial charge in [0.1, 0.15) is 0 Å². The predicted octanol–water partition coefficient (Wildman–Crippen LogP) is 0.570. The number of nitrogens with two attached hydrogens (primary N) is 1. The van der Waals surface area contributed by atoms with Gasteiger partial charge in [0.2, 0.25) is 5.91 Å². The number of likely N-dealkylation sites (tertiary alicyclic amines) is 1. The SMILES string of the molecule is CCC(C(N)=O)N1CCCC(C(C)NC)C1. The van der Waals surface area contributed by atoms with Crippen LogP contribution in [0, 0.1) is 5.92 Å². The van der Waals surface area contributed by atoms with Crippen molar-refractivity contribution in [2.24, 2.45) is 11.7 Å². The molecular weight excluding hydrogens is 202 g/mol. The van der Waals surface area contributed by atoms with Gasteiger partial charge in [0, 0.05) is 12.6 Å². The lowest BCUT2D eigenvalue weighted by atomic mass is 9.90. The van der Waals surface area contributed by atoms with Gasteiger partial charge in [-0.2, -0.15) is 0 Å². The standard InChI is InChI=1S/C12H25N3O/c1-4-11(12(13)16)15-7-5-6-10(8-15)9(2)14-3/h9-11,14H,4-8H2,1-3H3,(H2,13,16). The van der Waals surface area contributed by atoms with Crippen molar-refractivity contribution in [3.63, 3.8) is 0 Å². The molecule has 0 saturated carbocycles. The minimum atomic E-state index is -0.180. The van der Waals surface area contributed by atoms with E-state index in [0.29, 0.717) is 12.0 Å². The fourth-order valence-corrected chi connectivity index (χ4v) is 2.61. The van der Waals surface area contributed by atoms with Gasteiger partial charge in [-0.05, 0) is 45.7 Å². The van der Waals surface area contributed by atoms with Crippen molar-refractivity contribution >= 4 is 5.91 Å². The number of amides is 1. The summed E-state index contributed by atoms with van der Waals surface area (Å²) < 4.78 is 0. The molecule has 0 aliphatic carbocycles. The van der Waals surface area contributed by atoms with Crippen LogP contribution in [0.2, 0.25) is 0 Å². The molecule has 1 fully saturated rings. The lowest BCUT2D eigenvalue weighted by Gasteiger charge is -2.38. The number of carbonyl (C=O) groups is 1. The minimum absolute atomic E-state index is 0.0770. The van der Waals surface area contributed by atoms with Gasteiger partial charge in [-0.1, -0.05) is 6.92 Å². The van der Waals surface area contributed by atoms with E-state index in [4.69, 9.17) is 5.73 Å². The van der Waals surface area contributed by atoms with Gasteiger partial charge in [0.05, 0.1) is 6.04 Å². The van der Waals surface area contributed by atoms with Crippen LogP contribution in [0.25, 0.3) is 0 Å². The number of primary amides is 1. The largest absolute Gasteiger partial charge is 0.368 e. The van der Waals surface area contributed by atoms with Crippen LogP contribution in [-0.2, 0) is 4.79 Å². The average Bonchev–Trinajstić information content (AvgIpc) is 2.29. The molecule has 16 heavy (non-hydrogen) atoms. The van der Waals surface area contributed by atoms with Crippen LogP contribution in [0.5, 0.6) is 0 Å². The first-order chi connectivity index (χ1) is 7.60. The van der Waals surface area contributed by atoms with Gasteiger partial charge in [-0.25, -0.2) is 0 Å². The monoisotopic (exact) mass is 227 g/mol. The third kappa shape index (κ3) is 3.19. The highest BCUT2D eigenvalue weighted by molar-refractivity contribution is 5.79. The van der Waals surface area contributed by atoms with Crippen molar-refractivity contribution < 1.29 is 4.79 Å². The Bertz CT molecular complexity index is 232. The van der Waals surface area contributed by atoms with E-state index in [0.717, 1.165) is 19.5 Å². The molecular formula is C12H25N3O. The zero-order chi connectivity index (χ0) is 12.1. The Morgan fingerprint density at radius 2 is 2.31 bits per heavy atom. The zero-order valence-electron chi connectivity index (χ0n) is 10.7. The number of carbonyl (C=O) groups excluding carboxylic acids is 1. The molecule has 0 aromatic carbocycles. The average molecular weight is 227 g/mol. The van der Waals surface area contributed by atoms with Crippen LogP contribution in [0.4, 0.5) is 0 Å². The molecule has 3 unspecified atom stereocenters. The molecule has 4 nitrogen and oxygen atoms in total. The van der Waals surface area contributed by atoms with E-state index in [9.17, 15) is 4.79 Å². The topological polar surface area (TPSA) is 58.4 Å². The first-order valence-corrected chi connectivity index (χ1v) is 6.30. The number of rotatable bonds is 5. The Hall–Kier alpha value is -0.610. The summed E-state index contributed by atoms with van der Waals surface area (Å²) in [6, 6.07) is 0.431. The van der Waals surface area contributed by atoms with Crippen molar-refractivity contribution in [3.05, 3.63) is 0 Å². The molecule has 0 aromatic rings. The van der Waals surface area contributed by atoms with Gasteiger partial charge in [-0.3, -0.25) is 9.69 Å². The van der Waals surface area contributed by atoms with Crippen LogP contribution < -0.4 is 11.1 Å². The number of nitrogens with zero attached hydrogens (tertiary/aromatic N) is 1. The molecule has 4 heteroatoms. The van der Waals surface area contributed by atoms with Gasteiger partial charge >= 0.3 is 0 Å². The second-order valence-corrected chi connectivity index (χ2v) is 4.80. The molecule has 3 atom stereocenters. The number of hydrogen-bond acceptors (Lipinski definition) is 3. The maximum Gasteiger partial charge on any atom is 0.234 e. The Morgan fingerprint density at radius 1 is 1.62 bits per heavy atom. The third-order valence-corrected chi connectivity index (χ3v) is 3.81. The van der Waals surface area contributed by atoms with Crippen LogP contribution >= 0.6 is 0 Å². The molecule has 0 spiro atoms. The molecule has 1 aliphatic rings. The van der Waals surface area contributed by atoms with Crippen molar-refractivity contribution in [2.45, 2.75) is 45.2 Å². The summed E-state index contributed by atoms with van der Waals surface area (Å²) in [5.41, 5.74) is 5.44. The molecule has 1 heterocycles. The van der Waals surface area contributed by atoms with Crippen molar-refractivity contribution in [1.82, 2.24) is 10.2 Å². The Kier molecular flexibility index (Phi) is 5.22.